The molecule has 0 unspecified atom stereocenters. The van der Waals surface area contributed by atoms with Gasteiger partial charge in [0.2, 0.25) is 15.9 Å². The number of carbonyl (C=O) groups is 1. The maximum atomic E-state index is 12.3. The average molecular weight is 298 g/mol. The van der Waals surface area contributed by atoms with Crippen LogP contribution in [0, 0.1) is 0 Å². The van der Waals surface area contributed by atoms with Crippen molar-refractivity contribution < 1.29 is 18.3 Å². The van der Waals surface area contributed by atoms with Crippen molar-refractivity contribution in [2.45, 2.75) is 18.1 Å². The summed E-state index contributed by atoms with van der Waals surface area (Å²) in [6.07, 6.45) is 1.13. The molecule has 1 heterocycles. The third-order valence-corrected chi connectivity index (χ3v) is 5.12. The van der Waals surface area contributed by atoms with Crippen molar-refractivity contribution in [1.29, 1.82) is 0 Å². The fraction of sp³-hybridized carbons (Fsp3) is 0.462. The summed E-state index contributed by atoms with van der Waals surface area (Å²) in [5.41, 5.74) is 0.512. The number of nitrogens with one attached hydrogen (secondary N) is 1. The highest BCUT2D eigenvalue weighted by molar-refractivity contribution is 7.93. The molecule has 1 aromatic carbocycles. The van der Waals surface area contributed by atoms with Gasteiger partial charge in [0.25, 0.3) is 0 Å². The van der Waals surface area contributed by atoms with Crippen molar-refractivity contribution in [2.75, 3.05) is 24.4 Å². The molecule has 1 aromatic rings. The van der Waals surface area contributed by atoms with Crippen LogP contribution >= 0.6 is 0 Å². The summed E-state index contributed by atoms with van der Waals surface area (Å²) in [4.78, 5) is 12.9. The van der Waals surface area contributed by atoms with Gasteiger partial charge in [0.15, 0.2) is 0 Å². The summed E-state index contributed by atoms with van der Waals surface area (Å²) < 4.78 is 27.1. The van der Waals surface area contributed by atoms with E-state index in [1.54, 1.807) is 30.3 Å². The van der Waals surface area contributed by atoms with E-state index >= 15 is 0 Å². The summed E-state index contributed by atoms with van der Waals surface area (Å²) in [5, 5.41) is 8.21. The number of hydrogen-bond acceptors (Lipinski definition) is 4. The molecular weight excluding hydrogens is 280 g/mol. The van der Waals surface area contributed by atoms with Crippen LogP contribution in [0.25, 0.3) is 0 Å². The Hall–Kier alpha value is -1.60. The van der Waals surface area contributed by atoms with Gasteiger partial charge in [-0.25, -0.2) is 8.42 Å². The molecule has 1 atom stereocenters. The Bertz CT molecular complexity index is 559. The van der Waals surface area contributed by atoms with Gasteiger partial charge in [-0.1, -0.05) is 18.2 Å². The number of para-hydroxylation sites is 1. The van der Waals surface area contributed by atoms with Crippen LogP contribution in [0.5, 0.6) is 0 Å². The van der Waals surface area contributed by atoms with Crippen molar-refractivity contribution in [3.8, 4) is 0 Å². The number of hydrogen-bond donors (Lipinski definition) is 2. The standard InChI is InChI=1S/C13H18N2O4S/c16-10-13(17)15-8-4-7-12(9-15)20(18,19)14-11-5-2-1-3-6-11/h1-3,5-6,12,14,16H,4,7-10H2/t12-/m0/s1. The van der Waals surface area contributed by atoms with Gasteiger partial charge in [-0.3, -0.25) is 9.52 Å². The number of piperidine rings is 1. The van der Waals surface area contributed by atoms with Crippen molar-refractivity contribution in [3.63, 3.8) is 0 Å². The molecule has 1 aliphatic rings. The highest BCUT2D eigenvalue weighted by atomic mass is 32.2. The molecule has 0 aliphatic carbocycles. The minimum Gasteiger partial charge on any atom is -0.387 e. The Morgan fingerprint density at radius 3 is 2.70 bits per heavy atom. The molecule has 2 rings (SSSR count). The van der Waals surface area contributed by atoms with E-state index in [0.29, 0.717) is 25.1 Å². The molecule has 0 saturated carbocycles. The van der Waals surface area contributed by atoms with Crippen molar-refractivity contribution in [2.24, 2.45) is 0 Å². The van der Waals surface area contributed by atoms with Gasteiger partial charge in [0.1, 0.15) is 6.61 Å². The lowest BCUT2D eigenvalue weighted by molar-refractivity contribution is -0.134. The van der Waals surface area contributed by atoms with Crippen molar-refractivity contribution in [1.82, 2.24) is 4.90 Å². The first-order valence-electron chi connectivity index (χ1n) is 6.48. The number of amides is 1. The number of anilines is 1. The molecular formula is C13H18N2O4S. The zero-order valence-corrected chi connectivity index (χ0v) is 11.8. The van der Waals surface area contributed by atoms with Gasteiger partial charge in [0, 0.05) is 18.8 Å². The number of likely N-dealkylation sites (tertiary alicyclic amines) is 1. The number of benzene rings is 1. The number of nitrogens with zero attached hydrogens (tertiary/aromatic N) is 1. The van der Waals surface area contributed by atoms with Crippen LogP contribution in [0.1, 0.15) is 12.8 Å². The number of sulfonamides is 1. The number of aliphatic hydroxyl groups is 1. The third kappa shape index (κ3) is 3.49. The number of carbonyl (C=O) groups excluding carboxylic acids is 1. The van der Waals surface area contributed by atoms with Crippen LogP contribution in [-0.2, 0) is 14.8 Å². The fourth-order valence-electron chi connectivity index (χ4n) is 2.27. The van der Waals surface area contributed by atoms with Gasteiger partial charge >= 0.3 is 0 Å². The second kappa shape index (κ2) is 6.23. The molecule has 2 N–H and O–H groups in total. The van der Waals surface area contributed by atoms with E-state index in [-0.39, 0.29) is 6.54 Å². The highest BCUT2D eigenvalue weighted by Gasteiger charge is 2.32. The van der Waals surface area contributed by atoms with E-state index in [0.717, 1.165) is 0 Å². The first-order chi connectivity index (χ1) is 9.53. The van der Waals surface area contributed by atoms with E-state index < -0.39 is 27.8 Å². The lowest BCUT2D eigenvalue weighted by Crippen LogP contribution is -2.47. The van der Waals surface area contributed by atoms with E-state index in [1.807, 2.05) is 0 Å². The maximum Gasteiger partial charge on any atom is 0.248 e. The Kier molecular flexibility index (Phi) is 4.61. The lowest BCUT2D eigenvalue weighted by atomic mass is 10.1. The van der Waals surface area contributed by atoms with Crippen LogP contribution < -0.4 is 4.72 Å². The minimum atomic E-state index is -3.54. The predicted octanol–water partition coefficient (Wildman–Crippen LogP) is 0.412. The molecule has 20 heavy (non-hydrogen) atoms. The summed E-state index contributed by atoms with van der Waals surface area (Å²) in [6, 6.07) is 8.66. The Balaban J connectivity index is 2.07. The molecule has 1 aliphatic heterocycles. The summed E-state index contributed by atoms with van der Waals surface area (Å²) >= 11 is 0. The van der Waals surface area contributed by atoms with Crippen LogP contribution in [0.4, 0.5) is 5.69 Å². The van der Waals surface area contributed by atoms with E-state index in [1.165, 1.54) is 4.90 Å². The third-order valence-electron chi connectivity index (χ3n) is 3.34. The van der Waals surface area contributed by atoms with Gasteiger partial charge in [-0.15, -0.1) is 0 Å². The van der Waals surface area contributed by atoms with E-state index in [2.05, 4.69) is 4.72 Å². The Labute approximate surface area is 118 Å². The minimum absolute atomic E-state index is 0.127. The second-order valence-corrected chi connectivity index (χ2v) is 6.74. The monoisotopic (exact) mass is 298 g/mol. The smallest absolute Gasteiger partial charge is 0.248 e. The summed E-state index contributed by atoms with van der Waals surface area (Å²) in [7, 11) is -3.54. The lowest BCUT2D eigenvalue weighted by Gasteiger charge is -2.32. The molecule has 1 fully saturated rings. The zero-order chi connectivity index (χ0) is 14.6. The number of aliphatic hydroxyl groups excluding tert-OH is 1. The Morgan fingerprint density at radius 2 is 2.05 bits per heavy atom. The molecule has 7 heteroatoms. The molecule has 0 radical (unpaired) electrons. The molecule has 110 valence electrons. The first kappa shape index (κ1) is 14.8. The molecule has 1 saturated heterocycles. The molecule has 6 nitrogen and oxygen atoms in total. The topological polar surface area (TPSA) is 86.7 Å². The van der Waals surface area contributed by atoms with Gasteiger partial charge < -0.3 is 10.0 Å². The van der Waals surface area contributed by atoms with Gasteiger partial charge in [-0.05, 0) is 25.0 Å². The normalized spacial score (nSPS) is 19.6. The van der Waals surface area contributed by atoms with E-state index in [4.69, 9.17) is 5.11 Å². The van der Waals surface area contributed by atoms with E-state index in [9.17, 15) is 13.2 Å². The Morgan fingerprint density at radius 1 is 1.35 bits per heavy atom. The van der Waals surface area contributed by atoms with Crippen LogP contribution in [-0.4, -0.2) is 49.3 Å². The highest BCUT2D eigenvalue weighted by Crippen LogP contribution is 2.19. The van der Waals surface area contributed by atoms with Crippen LogP contribution in [0.2, 0.25) is 0 Å². The predicted molar refractivity (Wildman–Crippen MR) is 75.7 cm³/mol. The molecule has 0 spiro atoms. The molecule has 0 aromatic heterocycles. The first-order valence-corrected chi connectivity index (χ1v) is 8.03. The quantitative estimate of drug-likeness (QED) is 0.843. The zero-order valence-electron chi connectivity index (χ0n) is 11.0. The van der Waals surface area contributed by atoms with Crippen LogP contribution in [0.15, 0.2) is 30.3 Å². The van der Waals surface area contributed by atoms with Crippen molar-refractivity contribution in [3.05, 3.63) is 30.3 Å². The molecule has 0 bridgehead atoms. The molecule has 1 amide bonds. The largest absolute Gasteiger partial charge is 0.387 e. The van der Waals surface area contributed by atoms with Crippen LogP contribution in [0.3, 0.4) is 0 Å². The summed E-state index contributed by atoms with van der Waals surface area (Å²) in [5.74, 6) is -0.426. The fourth-order valence-corrected chi connectivity index (χ4v) is 3.76. The van der Waals surface area contributed by atoms with Gasteiger partial charge in [0.05, 0.1) is 5.25 Å². The maximum absolute atomic E-state index is 12.3. The SMILES string of the molecule is O=C(CO)N1CCC[C@H](S(=O)(=O)Nc2ccccc2)C1. The summed E-state index contributed by atoms with van der Waals surface area (Å²) in [6.45, 7) is 0.0389. The average Bonchev–Trinajstić information content (AvgIpc) is 2.47. The second-order valence-electron chi connectivity index (χ2n) is 4.78. The van der Waals surface area contributed by atoms with Gasteiger partial charge in [-0.2, -0.15) is 0 Å². The number of rotatable bonds is 4. The van der Waals surface area contributed by atoms with Crippen molar-refractivity contribution >= 4 is 21.6 Å².